The Morgan fingerprint density at radius 3 is 2.39 bits per heavy atom. The predicted molar refractivity (Wildman–Crippen MR) is 72.9 cm³/mol. The summed E-state index contributed by atoms with van der Waals surface area (Å²) in [5, 5.41) is -0.637. The van der Waals surface area contributed by atoms with Crippen LogP contribution in [0.15, 0.2) is 40.9 Å². The van der Waals surface area contributed by atoms with Gasteiger partial charge in [0, 0.05) is 10.0 Å². The molecule has 0 heterocycles. The van der Waals surface area contributed by atoms with Gasteiger partial charge in [-0.2, -0.15) is 0 Å². The van der Waals surface area contributed by atoms with E-state index in [1.165, 1.54) is 12.1 Å². The summed E-state index contributed by atoms with van der Waals surface area (Å²) in [5.41, 5.74) is 1.54. The minimum absolute atomic E-state index is 0.294. The van der Waals surface area contributed by atoms with E-state index in [2.05, 4.69) is 15.9 Å². The zero-order valence-electron chi connectivity index (χ0n) is 9.55. The van der Waals surface area contributed by atoms with Crippen LogP contribution in [0.25, 0.3) is 0 Å². The summed E-state index contributed by atoms with van der Waals surface area (Å²) in [6.45, 7) is 1.65. The molecule has 94 valence electrons. The zero-order chi connectivity index (χ0) is 13.3. The second-order valence-corrected chi connectivity index (χ2v) is 5.39. The van der Waals surface area contributed by atoms with Crippen molar-refractivity contribution in [2.24, 2.45) is 0 Å². The largest absolute Gasteiger partial charge is 0.207 e. The Bertz CT molecular complexity index is 584. The molecule has 0 N–H and O–H groups in total. The third kappa shape index (κ3) is 2.73. The topological polar surface area (TPSA) is 0 Å². The highest BCUT2D eigenvalue weighted by Crippen LogP contribution is 2.32. The summed E-state index contributed by atoms with van der Waals surface area (Å²) < 4.78 is 27.6. The molecule has 0 aliphatic rings. The van der Waals surface area contributed by atoms with Crippen molar-refractivity contribution in [3.05, 3.63) is 69.2 Å². The highest BCUT2D eigenvalue weighted by molar-refractivity contribution is 9.10. The van der Waals surface area contributed by atoms with Crippen molar-refractivity contribution in [3.8, 4) is 0 Å². The lowest BCUT2D eigenvalue weighted by Crippen LogP contribution is -1.98. The van der Waals surface area contributed by atoms with Crippen molar-refractivity contribution in [2.75, 3.05) is 0 Å². The van der Waals surface area contributed by atoms with Crippen LogP contribution >= 0.6 is 27.5 Å². The summed E-state index contributed by atoms with van der Waals surface area (Å²) in [6.07, 6.45) is 0. The summed E-state index contributed by atoms with van der Waals surface area (Å²) >= 11 is 9.53. The predicted octanol–water partition coefficient (Wildman–Crippen LogP) is 5.36. The lowest BCUT2D eigenvalue weighted by atomic mass is 10.0. The number of hydrogen-bond acceptors (Lipinski definition) is 0. The molecule has 2 rings (SSSR count). The first-order chi connectivity index (χ1) is 8.49. The normalized spacial score (nSPS) is 12.5. The maximum Gasteiger partial charge on any atom is 0.128 e. The fourth-order valence-corrected chi connectivity index (χ4v) is 2.40. The fraction of sp³-hybridized carbons (Fsp3) is 0.143. The molecule has 0 aliphatic heterocycles. The van der Waals surface area contributed by atoms with E-state index in [1.807, 2.05) is 0 Å². The molecule has 1 atom stereocenters. The van der Waals surface area contributed by atoms with Gasteiger partial charge in [0.1, 0.15) is 11.6 Å². The van der Waals surface area contributed by atoms with Crippen LogP contribution in [-0.4, -0.2) is 0 Å². The maximum absolute atomic E-state index is 13.7. The number of hydrogen-bond donors (Lipinski definition) is 0. The van der Waals surface area contributed by atoms with Crippen molar-refractivity contribution in [1.29, 1.82) is 0 Å². The molecule has 2 aromatic rings. The van der Waals surface area contributed by atoms with Crippen LogP contribution in [0.2, 0.25) is 0 Å². The Labute approximate surface area is 118 Å². The summed E-state index contributed by atoms with van der Waals surface area (Å²) in [6, 6.07) is 9.14. The van der Waals surface area contributed by atoms with Gasteiger partial charge in [0.25, 0.3) is 0 Å². The van der Waals surface area contributed by atoms with E-state index in [9.17, 15) is 8.78 Å². The van der Waals surface area contributed by atoms with Crippen LogP contribution in [0.1, 0.15) is 22.1 Å². The molecule has 0 aromatic heterocycles. The Morgan fingerprint density at radius 1 is 1.06 bits per heavy atom. The Hall–Kier alpha value is -0.930. The lowest BCUT2D eigenvalue weighted by Gasteiger charge is -2.12. The Morgan fingerprint density at radius 2 is 1.72 bits per heavy atom. The quantitative estimate of drug-likeness (QED) is 0.650. The summed E-state index contributed by atoms with van der Waals surface area (Å²) in [4.78, 5) is 0. The molecule has 0 bridgehead atoms. The van der Waals surface area contributed by atoms with Gasteiger partial charge < -0.3 is 0 Å². The SMILES string of the molecule is Cc1cc(C(Cl)c2cc(Br)ccc2F)ccc1F. The van der Waals surface area contributed by atoms with Crippen molar-refractivity contribution in [2.45, 2.75) is 12.3 Å². The van der Waals surface area contributed by atoms with E-state index in [-0.39, 0.29) is 11.6 Å². The van der Waals surface area contributed by atoms with Gasteiger partial charge in [0.2, 0.25) is 0 Å². The monoisotopic (exact) mass is 330 g/mol. The number of alkyl halides is 1. The molecular formula is C14H10BrClF2. The summed E-state index contributed by atoms with van der Waals surface area (Å²) in [5.74, 6) is -0.669. The average molecular weight is 332 g/mol. The first kappa shape index (κ1) is 13.5. The van der Waals surface area contributed by atoms with Gasteiger partial charge in [-0.3, -0.25) is 0 Å². The first-order valence-corrected chi connectivity index (χ1v) is 6.57. The highest BCUT2D eigenvalue weighted by Gasteiger charge is 2.16. The number of halogens is 4. The molecule has 0 spiro atoms. The molecule has 0 nitrogen and oxygen atoms in total. The van der Waals surface area contributed by atoms with Crippen LogP contribution in [0.3, 0.4) is 0 Å². The molecule has 0 aliphatic carbocycles. The van der Waals surface area contributed by atoms with E-state index in [1.54, 1.807) is 31.2 Å². The van der Waals surface area contributed by atoms with E-state index >= 15 is 0 Å². The van der Waals surface area contributed by atoms with Crippen LogP contribution in [0, 0.1) is 18.6 Å². The minimum atomic E-state index is -0.637. The van der Waals surface area contributed by atoms with Crippen molar-refractivity contribution in [3.63, 3.8) is 0 Å². The molecule has 0 fully saturated rings. The van der Waals surface area contributed by atoms with Gasteiger partial charge in [-0.25, -0.2) is 8.78 Å². The van der Waals surface area contributed by atoms with Crippen LogP contribution in [0.5, 0.6) is 0 Å². The maximum atomic E-state index is 13.7. The van der Waals surface area contributed by atoms with Crippen molar-refractivity contribution >= 4 is 27.5 Å². The van der Waals surface area contributed by atoms with Crippen LogP contribution in [-0.2, 0) is 0 Å². The van der Waals surface area contributed by atoms with E-state index in [0.29, 0.717) is 16.7 Å². The highest BCUT2D eigenvalue weighted by atomic mass is 79.9. The van der Waals surface area contributed by atoms with Crippen LogP contribution < -0.4 is 0 Å². The van der Waals surface area contributed by atoms with Gasteiger partial charge in [-0.05, 0) is 42.3 Å². The third-order valence-electron chi connectivity index (χ3n) is 2.71. The van der Waals surface area contributed by atoms with Crippen molar-refractivity contribution < 1.29 is 8.78 Å². The van der Waals surface area contributed by atoms with Gasteiger partial charge in [-0.1, -0.05) is 28.1 Å². The molecule has 0 amide bonds. The second-order valence-electron chi connectivity index (χ2n) is 4.04. The van der Waals surface area contributed by atoms with E-state index < -0.39 is 5.38 Å². The third-order valence-corrected chi connectivity index (χ3v) is 3.69. The minimum Gasteiger partial charge on any atom is -0.207 e. The fourth-order valence-electron chi connectivity index (χ4n) is 1.71. The van der Waals surface area contributed by atoms with Gasteiger partial charge in [-0.15, -0.1) is 11.6 Å². The first-order valence-electron chi connectivity index (χ1n) is 5.34. The molecule has 4 heteroatoms. The standard InChI is InChI=1S/C14H10BrClF2/c1-8-6-9(2-4-12(8)17)14(16)11-7-10(15)3-5-13(11)18/h2-7,14H,1H3. The van der Waals surface area contributed by atoms with E-state index in [4.69, 9.17) is 11.6 Å². The number of benzene rings is 2. The molecular weight excluding hydrogens is 322 g/mol. The van der Waals surface area contributed by atoms with Crippen LogP contribution in [0.4, 0.5) is 8.78 Å². The zero-order valence-corrected chi connectivity index (χ0v) is 11.9. The van der Waals surface area contributed by atoms with Gasteiger partial charge >= 0.3 is 0 Å². The molecule has 2 aromatic carbocycles. The number of rotatable bonds is 2. The lowest BCUT2D eigenvalue weighted by molar-refractivity contribution is 0.610. The summed E-state index contributed by atoms with van der Waals surface area (Å²) in [7, 11) is 0. The molecule has 18 heavy (non-hydrogen) atoms. The van der Waals surface area contributed by atoms with E-state index in [0.717, 1.165) is 4.47 Å². The average Bonchev–Trinajstić information content (AvgIpc) is 2.35. The molecule has 0 saturated carbocycles. The smallest absolute Gasteiger partial charge is 0.128 e. The Balaban J connectivity index is 2.44. The van der Waals surface area contributed by atoms with Gasteiger partial charge in [0.05, 0.1) is 5.38 Å². The number of aryl methyl sites for hydroxylation is 1. The molecule has 0 saturated heterocycles. The Kier molecular flexibility index (Phi) is 4.03. The molecule has 1 unspecified atom stereocenters. The van der Waals surface area contributed by atoms with Gasteiger partial charge in [0.15, 0.2) is 0 Å². The molecule has 0 radical (unpaired) electrons. The van der Waals surface area contributed by atoms with Crippen molar-refractivity contribution in [1.82, 2.24) is 0 Å². The second kappa shape index (κ2) is 5.37.